The lowest BCUT2D eigenvalue weighted by Gasteiger charge is -2.21. The molecular weight excluding hydrogens is 410 g/mol. The summed E-state index contributed by atoms with van der Waals surface area (Å²) < 4.78 is 33.6. The van der Waals surface area contributed by atoms with Gasteiger partial charge < -0.3 is 14.2 Å². The van der Waals surface area contributed by atoms with Gasteiger partial charge in [0.1, 0.15) is 24.0 Å². The Labute approximate surface area is 185 Å². The number of pyridine rings is 1. The fourth-order valence-electron chi connectivity index (χ4n) is 3.49. The number of allylic oxidation sites excluding steroid dienone is 2. The Balaban J connectivity index is 1.29. The van der Waals surface area contributed by atoms with Crippen LogP contribution in [-0.4, -0.2) is 16.0 Å². The Morgan fingerprint density at radius 1 is 0.906 bits per heavy atom. The summed E-state index contributed by atoms with van der Waals surface area (Å²) in [4.78, 5) is 14.3. The van der Waals surface area contributed by atoms with Crippen molar-refractivity contribution in [3.05, 3.63) is 124 Å². The third-order valence-electron chi connectivity index (χ3n) is 5.26. The van der Waals surface area contributed by atoms with Crippen molar-refractivity contribution in [3.63, 3.8) is 0 Å². The van der Waals surface area contributed by atoms with E-state index in [1.54, 1.807) is 35.0 Å². The number of hydrogen-bond acceptors (Lipinski definition) is 3. The van der Waals surface area contributed by atoms with Crippen LogP contribution in [0.1, 0.15) is 16.7 Å². The second-order valence-electron chi connectivity index (χ2n) is 7.72. The highest BCUT2D eigenvalue weighted by Crippen LogP contribution is 2.14. The van der Waals surface area contributed by atoms with Crippen molar-refractivity contribution in [1.29, 1.82) is 0 Å². The predicted octanol–water partition coefficient (Wildman–Crippen LogP) is 4.99. The van der Waals surface area contributed by atoms with Gasteiger partial charge in [0, 0.05) is 38.1 Å². The highest BCUT2D eigenvalue weighted by atomic mass is 19.1. The minimum atomic E-state index is -0.294. The van der Waals surface area contributed by atoms with Gasteiger partial charge in [-0.15, -0.1) is 0 Å². The van der Waals surface area contributed by atoms with Gasteiger partial charge in [-0.3, -0.25) is 4.79 Å². The zero-order valence-corrected chi connectivity index (χ0v) is 17.6. The zero-order valence-electron chi connectivity index (χ0n) is 17.6. The second-order valence-corrected chi connectivity index (χ2v) is 7.72. The molecule has 0 amide bonds. The van der Waals surface area contributed by atoms with Gasteiger partial charge in [0.2, 0.25) is 0 Å². The van der Waals surface area contributed by atoms with Crippen molar-refractivity contribution in [2.75, 3.05) is 6.54 Å². The normalized spacial score (nSPS) is 13.2. The van der Waals surface area contributed by atoms with Crippen molar-refractivity contribution in [2.24, 2.45) is 0 Å². The minimum Gasteiger partial charge on any atom is -0.489 e. The van der Waals surface area contributed by atoms with Crippen LogP contribution in [0.25, 0.3) is 0 Å². The van der Waals surface area contributed by atoms with Crippen molar-refractivity contribution in [1.82, 2.24) is 9.47 Å². The fourth-order valence-corrected chi connectivity index (χ4v) is 3.49. The van der Waals surface area contributed by atoms with Crippen LogP contribution in [0, 0.1) is 5.82 Å². The van der Waals surface area contributed by atoms with Crippen LogP contribution in [-0.2, 0) is 26.1 Å². The summed E-state index contributed by atoms with van der Waals surface area (Å²) in [5.74, 6) is -0.0406. The molecule has 2 heterocycles. The summed E-state index contributed by atoms with van der Waals surface area (Å²) in [5.41, 5.74) is 2.92. The fraction of sp³-hybridized carbons (Fsp3) is 0.192. The van der Waals surface area contributed by atoms with Crippen molar-refractivity contribution < 1.29 is 13.5 Å². The maximum Gasteiger partial charge on any atom is 0.254 e. The lowest BCUT2D eigenvalue weighted by atomic mass is 10.1. The number of benzene rings is 2. The number of hydrogen-bond donors (Lipinski definition) is 0. The third-order valence-corrected chi connectivity index (χ3v) is 5.26. The lowest BCUT2D eigenvalue weighted by Crippen LogP contribution is -2.20. The smallest absolute Gasteiger partial charge is 0.254 e. The zero-order chi connectivity index (χ0) is 22.3. The SMILES string of the molecule is O=c1cc(OCc2ccc(F)cc2)ccn1CCc1ccc(CN2C=C(F)C=CC2)cc1. The Hall–Kier alpha value is -3.67. The first kappa shape index (κ1) is 21.6. The average molecular weight is 434 g/mol. The molecule has 32 heavy (non-hydrogen) atoms. The molecule has 0 fully saturated rings. The van der Waals surface area contributed by atoms with Gasteiger partial charge in [0.25, 0.3) is 5.56 Å². The summed E-state index contributed by atoms with van der Waals surface area (Å²) in [6, 6.07) is 17.4. The minimum absolute atomic E-state index is 0.134. The van der Waals surface area contributed by atoms with E-state index in [1.165, 1.54) is 30.5 Å². The molecule has 0 saturated heterocycles. The number of rotatable bonds is 8. The summed E-state index contributed by atoms with van der Waals surface area (Å²) >= 11 is 0. The molecule has 1 aliphatic rings. The van der Waals surface area contributed by atoms with Gasteiger partial charge in [0.15, 0.2) is 0 Å². The Morgan fingerprint density at radius 2 is 1.62 bits per heavy atom. The van der Waals surface area contributed by atoms with E-state index in [-0.39, 0.29) is 23.8 Å². The van der Waals surface area contributed by atoms with E-state index in [4.69, 9.17) is 4.74 Å². The number of nitrogens with zero attached hydrogens (tertiary/aromatic N) is 2. The molecule has 0 unspecified atom stereocenters. The van der Waals surface area contributed by atoms with Gasteiger partial charge in [-0.05, 0) is 47.4 Å². The van der Waals surface area contributed by atoms with Crippen LogP contribution < -0.4 is 10.3 Å². The van der Waals surface area contributed by atoms with E-state index in [0.29, 0.717) is 25.4 Å². The van der Waals surface area contributed by atoms with Crippen molar-refractivity contribution in [2.45, 2.75) is 26.1 Å². The van der Waals surface area contributed by atoms with Gasteiger partial charge in [-0.2, -0.15) is 0 Å². The standard InChI is InChI=1S/C26H24F2N2O2/c27-23-9-7-22(8-10-23)19-32-25-12-15-30(26(31)16-25)14-11-20-3-5-21(6-4-20)17-29-13-1-2-24(28)18-29/h1-10,12,15-16,18H,11,13-14,17,19H2. The molecule has 0 spiro atoms. The lowest BCUT2D eigenvalue weighted by molar-refractivity contribution is 0.304. The molecule has 4 nitrogen and oxygen atoms in total. The quantitative estimate of drug-likeness (QED) is 0.501. The molecule has 0 N–H and O–H groups in total. The van der Waals surface area contributed by atoms with Crippen molar-refractivity contribution >= 4 is 0 Å². The molecule has 1 aliphatic heterocycles. The van der Waals surface area contributed by atoms with Gasteiger partial charge in [-0.1, -0.05) is 42.5 Å². The summed E-state index contributed by atoms with van der Waals surface area (Å²) in [6.07, 6.45) is 7.25. The molecule has 6 heteroatoms. The summed E-state index contributed by atoms with van der Waals surface area (Å²) in [7, 11) is 0. The number of halogens is 2. The van der Waals surface area contributed by atoms with E-state index in [2.05, 4.69) is 0 Å². The van der Waals surface area contributed by atoms with E-state index in [9.17, 15) is 13.6 Å². The van der Waals surface area contributed by atoms with Gasteiger partial charge in [0.05, 0.1) is 0 Å². The molecule has 4 rings (SSSR count). The molecule has 3 aromatic rings. The molecular formula is C26H24F2N2O2. The van der Waals surface area contributed by atoms with E-state index < -0.39 is 0 Å². The molecule has 0 atom stereocenters. The highest BCUT2D eigenvalue weighted by Gasteiger charge is 2.06. The Morgan fingerprint density at radius 3 is 2.34 bits per heavy atom. The molecule has 0 bridgehead atoms. The molecule has 2 aromatic carbocycles. The maximum absolute atomic E-state index is 13.3. The van der Waals surface area contributed by atoms with Gasteiger partial charge >= 0.3 is 0 Å². The first-order valence-electron chi connectivity index (χ1n) is 10.5. The largest absolute Gasteiger partial charge is 0.489 e. The van der Waals surface area contributed by atoms with Crippen LogP contribution in [0.3, 0.4) is 0 Å². The molecule has 164 valence electrons. The maximum atomic E-state index is 13.3. The van der Waals surface area contributed by atoms with Crippen LogP contribution in [0.4, 0.5) is 8.78 Å². The Kier molecular flexibility index (Phi) is 6.80. The number of aromatic nitrogens is 1. The van der Waals surface area contributed by atoms with E-state index in [1.807, 2.05) is 29.2 Å². The number of aryl methyl sites for hydroxylation is 2. The predicted molar refractivity (Wildman–Crippen MR) is 120 cm³/mol. The van der Waals surface area contributed by atoms with Crippen LogP contribution >= 0.6 is 0 Å². The topological polar surface area (TPSA) is 34.5 Å². The molecule has 0 saturated carbocycles. The second kappa shape index (κ2) is 10.1. The van der Waals surface area contributed by atoms with Crippen LogP contribution in [0.2, 0.25) is 0 Å². The highest BCUT2D eigenvalue weighted by molar-refractivity contribution is 5.25. The monoisotopic (exact) mass is 434 g/mol. The summed E-state index contributed by atoms with van der Waals surface area (Å²) in [5, 5.41) is 0. The van der Waals surface area contributed by atoms with Crippen molar-refractivity contribution in [3.8, 4) is 5.75 Å². The molecule has 0 aliphatic carbocycles. The molecule has 0 radical (unpaired) electrons. The van der Waals surface area contributed by atoms with E-state index >= 15 is 0 Å². The van der Waals surface area contributed by atoms with Crippen LogP contribution in [0.5, 0.6) is 5.75 Å². The first-order valence-corrected chi connectivity index (χ1v) is 10.5. The first-order chi connectivity index (χ1) is 15.5. The Bertz CT molecular complexity index is 1170. The number of ether oxygens (including phenoxy) is 1. The molecule has 1 aromatic heterocycles. The summed E-state index contributed by atoms with van der Waals surface area (Å²) in [6.45, 7) is 2.17. The van der Waals surface area contributed by atoms with E-state index in [0.717, 1.165) is 23.1 Å². The van der Waals surface area contributed by atoms with Crippen LogP contribution in [0.15, 0.2) is 95.8 Å². The van der Waals surface area contributed by atoms with Gasteiger partial charge in [-0.25, -0.2) is 8.78 Å². The average Bonchev–Trinajstić information content (AvgIpc) is 2.79. The third kappa shape index (κ3) is 5.94.